The minimum atomic E-state index is -0.842. The molecule has 0 aromatic carbocycles. The number of rotatable bonds is 24. The van der Waals surface area contributed by atoms with Crippen molar-refractivity contribution >= 4 is 11.9 Å². The van der Waals surface area contributed by atoms with E-state index in [2.05, 4.69) is 13.8 Å². The first-order chi connectivity index (χ1) is 16.0. The molecule has 0 spiro atoms. The maximum absolute atomic E-state index is 10.3. The van der Waals surface area contributed by atoms with E-state index in [4.69, 9.17) is 10.2 Å². The fraction of sp³-hybridized carbons (Fsp3) is 0.862. The van der Waals surface area contributed by atoms with Gasteiger partial charge in [0.2, 0.25) is 0 Å². The summed E-state index contributed by atoms with van der Waals surface area (Å²) in [6.07, 6.45) is 31.6. The van der Waals surface area contributed by atoms with Gasteiger partial charge in [-0.2, -0.15) is 0 Å². The summed E-state index contributed by atoms with van der Waals surface area (Å²) in [4.78, 5) is 20.4. The van der Waals surface area contributed by atoms with Gasteiger partial charge in [0.1, 0.15) is 0 Å². The average Bonchev–Trinajstić information content (AvgIpc) is 2.78. The van der Waals surface area contributed by atoms with Gasteiger partial charge in [-0.1, -0.05) is 142 Å². The minimum absolute atomic E-state index is 0.345. The number of carbonyl (C=O) groups is 2. The van der Waals surface area contributed by atoms with Gasteiger partial charge in [-0.15, -0.1) is 0 Å². The van der Waals surface area contributed by atoms with E-state index in [9.17, 15) is 9.59 Å². The minimum Gasteiger partial charge on any atom is -0.481 e. The number of allylic oxidation sites excluding steroid dienone is 1. The molecule has 0 aromatic rings. The van der Waals surface area contributed by atoms with Crippen LogP contribution in [0.25, 0.3) is 0 Å². The van der Waals surface area contributed by atoms with Crippen molar-refractivity contribution in [2.75, 3.05) is 0 Å². The Kier molecular flexibility index (Phi) is 31.5. The Morgan fingerprint density at radius 2 is 0.848 bits per heavy atom. The Morgan fingerprint density at radius 3 is 1.18 bits per heavy atom. The summed E-state index contributed by atoms with van der Waals surface area (Å²) >= 11 is 0. The third kappa shape index (κ3) is 38.3. The molecule has 0 aromatic heterocycles. The SMILES string of the molecule is CCCCCCCCC=CC(=O)O.CCCCCCCCCCCCCCCCCC(=O)O. The molecule has 4 heteroatoms. The zero-order valence-corrected chi connectivity index (χ0v) is 22.1. The Morgan fingerprint density at radius 1 is 0.515 bits per heavy atom. The first-order valence-electron chi connectivity index (χ1n) is 14.2. The third-order valence-electron chi connectivity index (χ3n) is 5.98. The van der Waals surface area contributed by atoms with Crippen LogP contribution in [0.15, 0.2) is 12.2 Å². The smallest absolute Gasteiger partial charge is 0.327 e. The lowest BCUT2D eigenvalue weighted by atomic mass is 10.0. The van der Waals surface area contributed by atoms with Crippen LogP contribution in [-0.2, 0) is 9.59 Å². The zero-order chi connectivity index (χ0) is 24.8. The largest absolute Gasteiger partial charge is 0.481 e. The first-order valence-corrected chi connectivity index (χ1v) is 14.2. The number of unbranched alkanes of at least 4 members (excludes halogenated alkanes) is 20. The van der Waals surface area contributed by atoms with Crippen molar-refractivity contribution in [3.8, 4) is 0 Å². The molecule has 0 fully saturated rings. The highest BCUT2D eigenvalue weighted by Gasteiger charge is 1.97. The van der Waals surface area contributed by atoms with Crippen molar-refractivity contribution in [2.45, 2.75) is 162 Å². The quantitative estimate of drug-likeness (QED) is 0.109. The molecule has 33 heavy (non-hydrogen) atoms. The van der Waals surface area contributed by atoms with Crippen molar-refractivity contribution in [3.05, 3.63) is 12.2 Å². The summed E-state index contributed by atoms with van der Waals surface area (Å²) in [5.74, 6) is -1.49. The third-order valence-corrected chi connectivity index (χ3v) is 5.98. The van der Waals surface area contributed by atoms with Crippen molar-refractivity contribution in [3.63, 3.8) is 0 Å². The van der Waals surface area contributed by atoms with Gasteiger partial charge in [-0.05, 0) is 19.3 Å². The van der Waals surface area contributed by atoms with Crippen LogP contribution in [0.5, 0.6) is 0 Å². The molecule has 0 rings (SSSR count). The molecule has 0 saturated heterocycles. The maximum Gasteiger partial charge on any atom is 0.327 e. The number of carboxylic acids is 2. The molecule has 0 saturated carbocycles. The normalized spacial score (nSPS) is 10.8. The average molecular weight is 469 g/mol. The van der Waals surface area contributed by atoms with Gasteiger partial charge in [0, 0.05) is 12.5 Å². The second-order valence-corrected chi connectivity index (χ2v) is 9.39. The molecule has 0 aliphatic heterocycles. The lowest BCUT2D eigenvalue weighted by molar-refractivity contribution is -0.137. The van der Waals surface area contributed by atoms with Gasteiger partial charge in [-0.3, -0.25) is 4.79 Å². The van der Waals surface area contributed by atoms with Gasteiger partial charge >= 0.3 is 11.9 Å². The van der Waals surface area contributed by atoms with Crippen molar-refractivity contribution in [1.29, 1.82) is 0 Å². The molecular weight excluding hydrogens is 412 g/mol. The second kappa shape index (κ2) is 30.7. The van der Waals surface area contributed by atoms with E-state index < -0.39 is 11.9 Å². The molecule has 0 aliphatic rings. The molecular formula is C29H56O4. The molecule has 0 aliphatic carbocycles. The van der Waals surface area contributed by atoms with Crippen molar-refractivity contribution in [2.24, 2.45) is 0 Å². The van der Waals surface area contributed by atoms with Gasteiger partial charge in [0.25, 0.3) is 0 Å². The highest BCUT2D eigenvalue weighted by atomic mass is 16.4. The van der Waals surface area contributed by atoms with Crippen LogP contribution in [0.3, 0.4) is 0 Å². The fourth-order valence-corrected chi connectivity index (χ4v) is 3.87. The summed E-state index contributed by atoms with van der Waals surface area (Å²) in [5, 5.41) is 16.8. The molecule has 0 heterocycles. The van der Waals surface area contributed by atoms with Crippen LogP contribution in [0.4, 0.5) is 0 Å². The van der Waals surface area contributed by atoms with E-state index >= 15 is 0 Å². The molecule has 196 valence electrons. The Labute approximate surface area is 205 Å². The zero-order valence-electron chi connectivity index (χ0n) is 22.1. The standard InChI is InChI=1S/C18H36O2.C11H20O2/c1-2-3-4-5-6-7-8-9-10-11-12-13-14-15-16-17-18(19)20;1-2-3-4-5-6-7-8-9-10-11(12)13/h2-17H2,1H3,(H,19,20);9-10H,2-8H2,1H3,(H,12,13). The topological polar surface area (TPSA) is 74.6 Å². The van der Waals surface area contributed by atoms with Gasteiger partial charge in [-0.25, -0.2) is 4.79 Å². The van der Waals surface area contributed by atoms with Crippen LogP contribution >= 0.6 is 0 Å². The van der Waals surface area contributed by atoms with Crippen LogP contribution in [0, 0.1) is 0 Å². The van der Waals surface area contributed by atoms with Crippen molar-refractivity contribution < 1.29 is 19.8 Å². The highest BCUT2D eigenvalue weighted by Crippen LogP contribution is 2.13. The molecule has 0 atom stereocenters. The van der Waals surface area contributed by atoms with Gasteiger partial charge in [0.15, 0.2) is 0 Å². The monoisotopic (exact) mass is 468 g/mol. The first kappa shape index (κ1) is 33.9. The Bertz CT molecular complexity index is 431. The van der Waals surface area contributed by atoms with E-state index in [1.165, 1.54) is 122 Å². The summed E-state index contributed by atoms with van der Waals surface area (Å²) in [5.41, 5.74) is 0. The van der Waals surface area contributed by atoms with Crippen LogP contribution in [0.2, 0.25) is 0 Å². The predicted octanol–water partition coefficient (Wildman–Crippen LogP) is 9.71. The number of hydrogen-bond acceptors (Lipinski definition) is 2. The van der Waals surface area contributed by atoms with Crippen LogP contribution < -0.4 is 0 Å². The number of aliphatic carboxylic acids is 2. The summed E-state index contributed by atoms with van der Waals surface area (Å²) < 4.78 is 0. The summed E-state index contributed by atoms with van der Waals surface area (Å²) in [7, 11) is 0. The Hall–Kier alpha value is -1.32. The van der Waals surface area contributed by atoms with E-state index in [0.29, 0.717) is 6.42 Å². The fourth-order valence-electron chi connectivity index (χ4n) is 3.87. The van der Waals surface area contributed by atoms with Crippen molar-refractivity contribution in [1.82, 2.24) is 0 Å². The number of hydrogen-bond donors (Lipinski definition) is 2. The highest BCUT2D eigenvalue weighted by molar-refractivity contribution is 5.79. The Balaban J connectivity index is 0. The molecule has 4 nitrogen and oxygen atoms in total. The molecule has 0 radical (unpaired) electrons. The molecule has 2 N–H and O–H groups in total. The molecule has 0 bridgehead atoms. The van der Waals surface area contributed by atoms with Crippen LogP contribution in [-0.4, -0.2) is 22.2 Å². The van der Waals surface area contributed by atoms with Gasteiger partial charge < -0.3 is 10.2 Å². The van der Waals surface area contributed by atoms with Gasteiger partial charge in [0.05, 0.1) is 0 Å². The molecule has 0 unspecified atom stereocenters. The van der Waals surface area contributed by atoms with E-state index in [0.717, 1.165) is 25.7 Å². The van der Waals surface area contributed by atoms with Crippen LogP contribution in [0.1, 0.15) is 162 Å². The maximum atomic E-state index is 10.3. The summed E-state index contributed by atoms with van der Waals surface area (Å²) in [6.45, 7) is 4.47. The lowest BCUT2D eigenvalue weighted by Crippen LogP contribution is -1.93. The van der Waals surface area contributed by atoms with E-state index in [-0.39, 0.29) is 0 Å². The summed E-state index contributed by atoms with van der Waals surface area (Å²) in [6, 6.07) is 0. The van der Waals surface area contributed by atoms with E-state index in [1.54, 1.807) is 6.08 Å². The number of carboxylic acid groups (broad SMARTS) is 2. The lowest BCUT2D eigenvalue weighted by Gasteiger charge is -2.03. The molecule has 0 amide bonds. The van der Waals surface area contributed by atoms with E-state index in [1.807, 2.05) is 0 Å². The second-order valence-electron chi connectivity index (χ2n) is 9.39. The predicted molar refractivity (Wildman–Crippen MR) is 142 cm³/mol.